The summed E-state index contributed by atoms with van der Waals surface area (Å²) in [6.45, 7) is 5.45. The number of aliphatic hydroxyl groups excluding tert-OH is 1. The minimum absolute atomic E-state index is 0.264. The van der Waals surface area contributed by atoms with Gasteiger partial charge in [0.25, 0.3) is 5.91 Å². The van der Waals surface area contributed by atoms with E-state index >= 15 is 0 Å². The number of nitrogens with zero attached hydrogens (tertiary/aromatic N) is 1. The molecular weight excluding hydrogens is 372 g/mol. The smallest absolute Gasteiger partial charge is 0.251 e. The Bertz CT molecular complexity index is 679. The number of carbonyl (C=O) groups excluding carboxylic acids is 3. The normalized spacial score (nSPS) is 15.2. The molecule has 0 aromatic heterocycles. The number of benzene rings is 1. The molecule has 1 aromatic rings. The Kier molecular flexibility index (Phi) is 9.77. The predicted octanol–water partition coefficient (Wildman–Crippen LogP) is 0.561. The van der Waals surface area contributed by atoms with E-state index in [9.17, 15) is 19.5 Å². The highest BCUT2D eigenvalue weighted by Crippen LogP contribution is 2.16. The molecule has 0 saturated heterocycles. The van der Waals surface area contributed by atoms with Crippen molar-refractivity contribution < 1.29 is 19.5 Å². The fourth-order valence-corrected chi connectivity index (χ4v) is 2.88. The molecule has 0 aliphatic heterocycles. The fourth-order valence-electron chi connectivity index (χ4n) is 2.88. The van der Waals surface area contributed by atoms with Gasteiger partial charge in [0.1, 0.15) is 18.2 Å². The first kappa shape index (κ1) is 24.6. The van der Waals surface area contributed by atoms with Crippen LogP contribution in [-0.2, 0) is 14.4 Å². The quantitative estimate of drug-likeness (QED) is 0.452. The summed E-state index contributed by atoms with van der Waals surface area (Å²) in [5.74, 6) is -1.76. The van der Waals surface area contributed by atoms with Gasteiger partial charge in [-0.3, -0.25) is 14.4 Å². The van der Waals surface area contributed by atoms with Crippen molar-refractivity contribution in [3.8, 4) is 0 Å². The molecule has 1 rings (SSSR count). The first-order valence-corrected chi connectivity index (χ1v) is 9.90. The van der Waals surface area contributed by atoms with Gasteiger partial charge >= 0.3 is 0 Å². The van der Waals surface area contributed by atoms with E-state index in [1.54, 1.807) is 52.2 Å². The van der Waals surface area contributed by atoms with Crippen LogP contribution < -0.4 is 16.4 Å². The van der Waals surface area contributed by atoms with E-state index < -0.39 is 36.0 Å². The second kappa shape index (κ2) is 11.5. The molecule has 3 amide bonds. The number of likely N-dealkylation sites (N-methyl/N-ethyl adjacent to an activating group) is 1. The van der Waals surface area contributed by atoms with Crippen molar-refractivity contribution in [3.05, 3.63) is 35.9 Å². The average molecular weight is 407 g/mol. The van der Waals surface area contributed by atoms with Crippen LogP contribution >= 0.6 is 0 Å². The Morgan fingerprint density at radius 2 is 1.66 bits per heavy atom. The highest BCUT2D eigenvalue weighted by Gasteiger charge is 2.32. The Hall–Kier alpha value is -2.45. The molecule has 162 valence electrons. The SMILES string of the molecule is CCC[C@H](N)[C@H](O)C(=O)NC(C(=O)N[C@H](C(=O)N(C)C)c1ccccc1)C(C)C. The highest BCUT2D eigenvalue weighted by atomic mass is 16.3. The van der Waals surface area contributed by atoms with Gasteiger partial charge < -0.3 is 26.4 Å². The van der Waals surface area contributed by atoms with Gasteiger partial charge in [-0.25, -0.2) is 0 Å². The van der Waals surface area contributed by atoms with E-state index in [1.165, 1.54) is 4.90 Å². The molecule has 0 aliphatic rings. The topological polar surface area (TPSA) is 125 Å². The minimum Gasteiger partial charge on any atom is -0.382 e. The molecule has 8 heteroatoms. The number of nitrogens with two attached hydrogens (primary N) is 1. The molecule has 0 aliphatic carbocycles. The van der Waals surface area contributed by atoms with Crippen molar-refractivity contribution in [2.24, 2.45) is 11.7 Å². The molecule has 1 unspecified atom stereocenters. The molecule has 0 radical (unpaired) electrons. The first-order valence-electron chi connectivity index (χ1n) is 9.90. The predicted molar refractivity (Wildman–Crippen MR) is 112 cm³/mol. The van der Waals surface area contributed by atoms with Gasteiger partial charge in [-0.05, 0) is 17.9 Å². The first-order chi connectivity index (χ1) is 13.6. The molecule has 0 saturated carbocycles. The second-order valence-electron chi connectivity index (χ2n) is 7.71. The van der Waals surface area contributed by atoms with Crippen LogP contribution in [0.5, 0.6) is 0 Å². The number of aliphatic hydroxyl groups is 1. The average Bonchev–Trinajstić information content (AvgIpc) is 2.69. The van der Waals surface area contributed by atoms with Crippen molar-refractivity contribution in [1.82, 2.24) is 15.5 Å². The summed E-state index contributed by atoms with van der Waals surface area (Å²) in [6, 6.07) is 6.38. The van der Waals surface area contributed by atoms with Crippen LogP contribution in [0.3, 0.4) is 0 Å². The fraction of sp³-hybridized carbons (Fsp3) is 0.571. The van der Waals surface area contributed by atoms with E-state index in [1.807, 2.05) is 13.0 Å². The third kappa shape index (κ3) is 7.14. The Labute approximate surface area is 172 Å². The summed E-state index contributed by atoms with van der Waals surface area (Å²) in [7, 11) is 3.22. The van der Waals surface area contributed by atoms with Crippen molar-refractivity contribution in [2.75, 3.05) is 14.1 Å². The van der Waals surface area contributed by atoms with Gasteiger partial charge in [-0.1, -0.05) is 57.5 Å². The van der Waals surface area contributed by atoms with Crippen molar-refractivity contribution in [3.63, 3.8) is 0 Å². The molecule has 8 nitrogen and oxygen atoms in total. The number of carbonyl (C=O) groups is 3. The summed E-state index contributed by atoms with van der Waals surface area (Å²) in [5, 5.41) is 15.4. The minimum atomic E-state index is -1.41. The molecule has 0 fully saturated rings. The van der Waals surface area contributed by atoms with Gasteiger partial charge in [0.15, 0.2) is 0 Å². The van der Waals surface area contributed by atoms with Crippen LogP contribution in [0.2, 0.25) is 0 Å². The maximum Gasteiger partial charge on any atom is 0.251 e. The summed E-state index contributed by atoms with van der Waals surface area (Å²) < 4.78 is 0. The molecule has 4 atom stereocenters. The van der Waals surface area contributed by atoms with Gasteiger partial charge in [0, 0.05) is 20.1 Å². The second-order valence-corrected chi connectivity index (χ2v) is 7.71. The number of rotatable bonds is 10. The van der Waals surface area contributed by atoms with E-state index in [2.05, 4.69) is 10.6 Å². The summed E-state index contributed by atoms with van der Waals surface area (Å²) in [5.41, 5.74) is 6.46. The maximum absolute atomic E-state index is 12.9. The zero-order chi connectivity index (χ0) is 22.1. The maximum atomic E-state index is 12.9. The third-order valence-electron chi connectivity index (χ3n) is 4.65. The number of hydrogen-bond acceptors (Lipinski definition) is 5. The molecule has 29 heavy (non-hydrogen) atoms. The number of amides is 3. The molecule has 0 spiro atoms. The Balaban J connectivity index is 2.99. The van der Waals surface area contributed by atoms with E-state index in [0.717, 1.165) is 6.42 Å². The van der Waals surface area contributed by atoms with Gasteiger partial charge in [-0.15, -0.1) is 0 Å². The van der Waals surface area contributed by atoms with E-state index in [0.29, 0.717) is 12.0 Å². The van der Waals surface area contributed by atoms with Crippen LogP contribution in [0.25, 0.3) is 0 Å². The zero-order valence-electron chi connectivity index (χ0n) is 17.9. The molecular formula is C21H34N4O4. The largest absolute Gasteiger partial charge is 0.382 e. The van der Waals surface area contributed by atoms with Crippen LogP contribution in [0, 0.1) is 5.92 Å². The lowest BCUT2D eigenvalue weighted by molar-refractivity contribution is -0.138. The number of nitrogens with one attached hydrogen (secondary N) is 2. The molecule has 0 heterocycles. The Morgan fingerprint density at radius 1 is 1.07 bits per heavy atom. The van der Waals surface area contributed by atoms with E-state index in [4.69, 9.17) is 5.73 Å². The van der Waals surface area contributed by atoms with E-state index in [-0.39, 0.29) is 11.8 Å². The third-order valence-corrected chi connectivity index (χ3v) is 4.65. The van der Waals surface area contributed by atoms with Crippen LogP contribution in [0.4, 0.5) is 0 Å². The lowest BCUT2D eigenvalue weighted by atomic mass is 9.99. The van der Waals surface area contributed by atoms with Gasteiger partial charge in [-0.2, -0.15) is 0 Å². The standard InChI is InChI=1S/C21H34N4O4/c1-6-10-15(22)18(26)20(28)23-16(13(2)3)19(27)24-17(21(29)25(4)5)14-11-8-7-9-12-14/h7-9,11-13,15-18,26H,6,10,22H2,1-5H3,(H,23,28)(H,24,27)/t15-,16?,17-,18-/m0/s1. The zero-order valence-corrected chi connectivity index (χ0v) is 17.9. The highest BCUT2D eigenvalue weighted by molar-refractivity contribution is 5.93. The molecule has 0 bridgehead atoms. The van der Waals surface area contributed by atoms with Crippen molar-refractivity contribution in [1.29, 1.82) is 0 Å². The van der Waals surface area contributed by atoms with Crippen molar-refractivity contribution in [2.45, 2.75) is 57.8 Å². The number of hydrogen-bond donors (Lipinski definition) is 4. The van der Waals surface area contributed by atoms with Crippen LogP contribution in [0.1, 0.15) is 45.2 Å². The van der Waals surface area contributed by atoms with Crippen LogP contribution in [-0.4, -0.2) is 60.0 Å². The van der Waals surface area contributed by atoms with Gasteiger partial charge in [0.2, 0.25) is 11.8 Å². The summed E-state index contributed by atoms with van der Waals surface area (Å²) in [4.78, 5) is 39.3. The lowest BCUT2D eigenvalue weighted by Gasteiger charge is -2.28. The lowest BCUT2D eigenvalue weighted by Crippen LogP contribution is -2.56. The molecule has 5 N–H and O–H groups in total. The monoisotopic (exact) mass is 406 g/mol. The summed E-state index contributed by atoms with van der Waals surface area (Å²) in [6.07, 6.45) is -0.191. The van der Waals surface area contributed by atoms with Gasteiger partial charge in [0.05, 0.1) is 0 Å². The molecule has 1 aromatic carbocycles. The summed E-state index contributed by atoms with van der Waals surface area (Å²) >= 11 is 0. The Morgan fingerprint density at radius 3 is 2.14 bits per heavy atom. The van der Waals surface area contributed by atoms with Crippen LogP contribution in [0.15, 0.2) is 30.3 Å². The van der Waals surface area contributed by atoms with Crippen molar-refractivity contribution >= 4 is 17.7 Å².